The van der Waals surface area contributed by atoms with Crippen LogP contribution < -0.4 is 0 Å². The van der Waals surface area contributed by atoms with Gasteiger partial charge in [-0.3, -0.25) is 4.79 Å². The number of hydrogen-bond donors (Lipinski definition) is 0. The normalized spacial score (nSPS) is 10.8. The molecular formula is C25H19Cl2N3O3. The summed E-state index contributed by atoms with van der Waals surface area (Å²) in [6, 6.07) is 19.3. The van der Waals surface area contributed by atoms with Gasteiger partial charge in [0, 0.05) is 21.2 Å². The van der Waals surface area contributed by atoms with E-state index in [9.17, 15) is 9.59 Å². The number of carbonyl (C=O) groups excluding carboxylic acids is 2. The van der Waals surface area contributed by atoms with E-state index in [1.807, 2.05) is 38.1 Å². The second-order valence-electron chi connectivity index (χ2n) is 7.48. The molecular weight excluding hydrogens is 461 g/mol. The number of halogens is 2. The van der Waals surface area contributed by atoms with Crippen molar-refractivity contribution < 1.29 is 14.3 Å². The highest BCUT2D eigenvalue weighted by Crippen LogP contribution is 2.26. The Kier molecular flexibility index (Phi) is 6.58. The molecule has 3 aromatic carbocycles. The molecule has 0 amide bonds. The van der Waals surface area contributed by atoms with Crippen LogP contribution >= 0.6 is 23.2 Å². The molecule has 0 aliphatic rings. The smallest absolute Gasteiger partial charge is 0.378 e. The Morgan fingerprint density at radius 2 is 1.70 bits per heavy atom. The maximum absolute atomic E-state index is 12.7. The second kappa shape index (κ2) is 9.57. The summed E-state index contributed by atoms with van der Waals surface area (Å²) in [6.07, 6.45) is 0. The van der Waals surface area contributed by atoms with Crippen LogP contribution in [0, 0.1) is 13.8 Å². The Hall–Kier alpha value is -3.48. The van der Waals surface area contributed by atoms with Crippen LogP contribution in [0.25, 0.3) is 17.1 Å². The fraction of sp³-hybridized carbons (Fsp3) is 0.120. The number of esters is 1. The number of aryl methyl sites for hydroxylation is 2. The average Bonchev–Trinajstić information content (AvgIpc) is 3.23. The lowest BCUT2D eigenvalue weighted by atomic mass is 10.1. The van der Waals surface area contributed by atoms with Gasteiger partial charge in [-0.2, -0.15) is 0 Å². The van der Waals surface area contributed by atoms with Gasteiger partial charge in [0.05, 0.1) is 5.69 Å². The van der Waals surface area contributed by atoms with E-state index in [2.05, 4.69) is 10.1 Å². The highest BCUT2D eigenvalue weighted by atomic mass is 35.5. The van der Waals surface area contributed by atoms with Gasteiger partial charge in [0.15, 0.2) is 18.2 Å². The summed E-state index contributed by atoms with van der Waals surface area (Å²) in [5.41, 5.74) is 3.90. The van der Waals surface area contributed by atoms with E-state index >= 15 is 0 Å². The maximum Gasteiger partial charge on any atom is 0.378 e. The third kappa shape index (κ3) is 5.13. The van der Waals surface area contributed by atoms with Gasteiger partial charge in [0.1, 0.15) is 0 Å². The highest BCUT2D eigenvalue weighted by Gasteiger charge is 2.22. The predicted molar refractivity (Wildman–Crippen MR) is 127 cm³/mol. The molecule has 0 bridgehead atoms. The number of rotatable bonds is 6. The monoisotopic (exact) mass is 479 g/mol. The molecule has 1 heterocycles. The lowest BCUT2D eigenvalue weighted by Gasteiger charge is -2.10. The molecule has 0 spiro atoms. The second-order valence-corrected chi connectivity index (χ2v) is 8.35. The zero-order chi connectivity index (χ0) is 23.5. The number of ketones is 1. The van der Waals surface area contributed by atoms with Crippen molar-refractivity contribution in [3.63, 3.8) is 0 Å². The molecule has 1 aromatic heterocycles. The summed E-state index contributed by atoms with van der Waals surface area (Å²) in [4.78, 5) is 29.5. The van der Waals surface area contributed by atoms with E-state index in [1.165, 1.54) is 0 Å². The number of ether oxygens (including phenoxy) is 1. The van der Waals surface area contributed by atoms with Gasteiger partial charge < -0.3 is 4.74 Å². The minimum Gasteiger partial charge on any atom is -0.451 e. The van der Waals surface area contributed by atoms with Crippen molar-refractivity contribution >= 4 is 35.0 Å². The quantitative estimate of drug-likeness (QED) is 0.254. The van der Waals surface area contributed by atoms with Crippen molar-refractivity contribution in [3.05, 3.63) is 99.3 Å². The molecule has 0 unspecified atom stereocenters. The summed E-state index contributed by atoms with van der Waals surface area (Å²) >= 11 is 12.0. The minimum atomic E-state index is -0.802. The van der Waals surface area contributed by atoms with Crippen molar-refractivity contribution in [1.29, 1.82) is 0 Å². The number of nitrogens with zero attached hydrogens (tertiary/aromatic N) is 3. The molecule has 0 aliphatic carbocycles. The first-order valence-electron chi connectivity index (χ1n) is 10.1. The molecule has 166 valence electrons. The fourth-order valence-electron chi connectivity index (χ4n) is 3.34. The average molecular weight is 480 g/mol. The van der Waals surface area contributed by atoms with Gasteiger partial charge in [0.25, 0.3) is 5.82 Å². The van der Waals surface area contributed by atoms with Gasteiger partial charge >= 0.3 is 5.97 Å². The standard InChI is InChI=1S/C25H19Cl2N3O3/c1-15-6-11-21(16(2)12-15)30-24(18-4-3-5-20(27)13-18)28-23(29-30)25(32)33-14-22(31)17-7-9-19(26)10-8-17/h3-13H,14H2,1-2H3. The van der Waals surface area contributed by atoms with Crippen LogP contribution in [0.2, 0.25) is 10.0 Å². The van der Waals surface area contributed by atoms with Crippen LogP contribution in [0.1, 0.15) is 32.1 Å². The van der Waals surface area contributed by atoms with Crippen molar-refractivity contribution in [1.82, 2.24) is 14.8 Å². The van der Waals surface area contributed by atoms with Gasteiger partial charge in [0.2, 0.25) is 0 Å². The summed E-state index contributed by atoms with van der Waals surface area (Å²) in [6.45, 7) is 3.51. The lowest BCUT2D eigenvalue weighted by Crippen LogP contribution is -2.15. The molecule has 4 aromatic rings. The predicted octanol–water partition coefficient (Wildman–Crippen LogP) is 5.90. The summed E-state index contributed by atoms with van der Waals surface area (Å²) < 4.78 is 6.78. The molecule has 8 heteroatoms. The van der Waals surface area contributed by atoms with Crippen molar-refractivity contribution in [3.8, 4) is 17.1 Å². The van der Waals surface area contributed by atoms with Gasteiger partial charge in [-0.05, 0) is 61.9 Å². The number of carbonyl (C=O) groups is 2. The van der Waals surface area contributed by atoms with Crippen molar-refractivity contribution in [2.24, 2.45) is 0 Å². The van der Waals surface area contributed by atoms with E-state index in [0.29, 0.717) is 27.0 Å². The summed E-state index contributed by atoms with van der Waals surface area (Å²) in [5.74, 6) is -0.887. The Morgan fingerprint density at radius 3 is 2.39 bits per heavy atom. The van der Waals surface area contributed by atoms with Crippen LogP contribution in [-0.2, 0) is 4.74 Å². The molecule has 0 saturated carbocycles. The number of benzene rings is 3. The molecule has 0 saturated heterocycles. The zero-order valence-corrected chi connectivity index (χ0v) is 19.4. The molecule has 0 radical (unpaired) electrons. The number of hydrogen-bond acceptors (Lipinski definition) is 5. The Bertz CT molecular complexity index is 1350. The van der Waals surface area contributed by atoms with Crippen LogP contribution in [0.3, 0.4) is 0 Å². The molecule has 0 N–H and O–H groups in total. The Balaban J connectivity index is 1.65. The Labute approximate surface area is 200 Å². The number of aromatic nitrogens is 3. The van der Waals surface area contributed by atoms with E-state index < -0.39 is 12.6 Å². The van der Waals surface area contributed by atoms with Gasteiger partial charge in [-0.15, -0.1) is 5.10 Å². The van der Waals surface area contributed by atoms with Crippen LogP contribution in [0.15, 0.2) is 66.7 Å². The van der Waals surface area contributed by atoms with Gasteiger partial charge in [-0.1, -0.05) is 53.0 Å². The molecule has 0 fully saturated rings. The SMILES string of the molecule is Cc1ccc(-n2nc(C(=O)OCC(=O)c3ccc(Cl)cc3)nc2-c2cccc(Cl)c2)c(C)c1. The minimum absolute atomic E-state index is 0.158. The highest BCUT2D eigenvalue weighted by molar-refractivity contribution is 6.31. The first kappa shape index (κ1) is 22.7. The number of Topliss-reactive ketones (excluding diaryl/α,β-unsaturated/α-hetero) is 1. The largest absolute Gasteiger partial charge is 0.451 e. The van der Waals surface area contributed by atoms with E-state index in [4.69, 9.17) is 27.9 Å². The lowest BCUT2D eigenvalue weighted by molar-refractivity contribution is 0.0462. The van der Waals surface area contributed by atoms with Crippen LogP contribution in [0.4, 0.5) is 0 Å². The molecule has 0 aliphatic heterocycles. The summed E-state index contributed by atoms with van der Waals surface area (Å²) in [7, 11) is 0. The molecule has 33 heavy (non-hydrogen) atoms. The summed E-state index contributed by atoms with van der Waals surface area (Å²) in [5, 5.41) is 5.44. The van der Waals surface area contributed by atoms with E-state index in [0.717, 1.165) is 16.8 Å². The Morgan fingerprint density at radius 1 is 0.939 bits per heavy atom. The van der Waals surface area contributed by atoms with Crippen LogP contribution in [0.5, 0.6) is 0 Å². The molecule has 4 rings (SSSR count). The van der Waals surface area contributed by atoms with Gasteiger partial charge in [-0.25, -0.2) is 14.5 Å². The fourth-order valence-corrected chi connectivity index (χ4v) is 3.66. The van der Waals surface area contributed by atoms with Crippen molar-refractivity contribution in [2.75, 3.05) is 6.61 Å². The molecule has 6 nitrogen and oxygen atoms in total. The van der Waals surface area contributed by atoms with Crippen LogP contribution in [-0.4, -0.2) is 33.1 Å². The van der Waals surface area contributed by atoms with E-state index in [-0.39, 0.29) is 11.6 Å². The first-order valence-corrected chi connectivity index (χ1v) is 10.8. The maximum atomic E-state index is 12.7. The first-order chi connectivity index (χ1) is 15.8. The third-order valence-corrected chi connectivity index (χ3v) is 5.44. The zero-order valence-electron chi connectivity index (χ0n) is 17.9. The van der Waals surface area contributed by atoms with Crippen molar-refractivity contribution in [2.45, 2.75) is 13.8 Å². The molecule has 0 atom stereocenters. The van der Waals surface area contributed by atoms with E-state index in [1.54, 1.807) is 47.1 Å². The third-order valence-electron chi connectivity index (χ3n) is 4.95. The topological polar surface area (TPSA) is 74.1 Å².